The largest absolute Gasteiger partial charge is 0.421 e. The van der Waals surface area contributed by atoms with Gasteiger partial charge in [0.25, 0.3) is 0 Å². The number of nitrogen functional groups attached to an aromatic ring is 1. The molecule has 8 heteroatoms. The van der Waals surface area contributed by atoms with Crippen molar-refractivity contribution in [2.45, 2.75) is 46.6 Å². The number of hydrogen-bond donors (Lipinski definition) is 2. The van der Waals surface area contributed by atoms with E-state index in [2.05, 4.69) is 4.98 Å². The zero-order valence-corrected chi connectivity index (χ0v) is 13.9. The number of nitrogens with two attached hydrogens (primary N) is 1. The van der Waals surface area contributed by atoms with Gasteiger partial charge in [-0.05, 0) is 37.5 Å². The summed E-state index contributed by atoms with van der Waals surface area (Å²) in [4.78, 5) is 5.13. The van der Waals surface area contributed by atoms with Crippen LogP contribution in [0.2, 0.25) is 0 Å². The van der Waals surface area contributed by atoms with Gasteiger partial charge in [0.1, 0.15) is 0 Å². The molecule has 1 aliphatic carbocycles. The molecule has 1 heterocycles. The average molecular weight is 360 g/mol. The maximum absolute atomic E-state index is 12.8. The van der Waals surface area contributed by atoms with Gasteiger partial charge in [-0.25, -0.2) is 4.98 Å². The van der Waals surface area contributed by atoms with E-state index in [1.807, 2.05) is 0 Å². The fourth-order valence-corrected chi connectivity index (χ4v) is 4.31. The lowest BCUT2D eigenvalue weighted by Crippen LogP contribution is -2.39. The van der Waals surface area contributed by atoms with Crippen molar-refractivity contribution in [2.75, 3.05) is 5.73 Å². The van der Waals surface area contributed by atoms with Crippen molar-refractivity contribution >= 4 is 28.2 Å². The molecule has 1 fully saturated rings. The smallest absolute Gasteiger partial charge is 0.376 e. The van der Waals surface area contributed by atoms with Gasteiger partial charge in [-0.15, -0.1) is 0 Å². The molecule has 0 amide bonds. The van der Waals surface area contributed by atoms with Crippen molar-refractivity contribution in [1.82, 2.24) is 4.98 Å². The molecule has 124 valence electrons. The van der Waals surface area contributed by atoms with Crippen molar-refractivity contribution in [3.05, 3.63) is 35.5 Å². The number of nitrogens with zero attached hydrogens (tertiary/aromatic N) is 1. The summed E-state index contributed by atoms with van der Waals surface area (Å²) in [6, 6.07) is 5.76. The fourth-order valence-electron chi connectivity index (χ4n) is 2.14. The number of aliphatic hydroxyl groups is 1. The van der Waals surface area contributed by atoms with E-state index < -0.39 is 11.8 Å². The predicted molar refractivity (Wildman–Crippen MR) is 84.7 cm³/mol. The summed E-state index contributed by atoms with van der Waals surface area (Å²) >= 11 is 2.84. The van der Waals surface area contributed by atoms with Gasteiger partial charge >= 0.3 is 6.18 Å². The molecule has 1 aromatic heterocycles. The third kappa shape index (κ3) is 3.34. The summed E-state index contributed by atoms with van der Waals surface area (Å²) in [6.07, 6.45) is -2.51. The first-order valence-electron chi connectivity index (χ1n) is 7.02. The molecule has 0 spiro atoms. The SMILES string of the molecule is CC(O)(c1ccc(Sc2sc(N)nc2C2CC2)cc1)C(F)(F)F. The Kier molecular flexibility index (Phi) is 4.10. The van der Waals surface area contributed by atoms with Gasteiger partial charge in [-0.1, -0.05) is 35.2 Å². The Balaban J connectivity index is 1.81. The van der Waals surface area contributed by atoms with Crippen LogP contribution in [0.4, 0.5) is 18.3 Å². The molecule has 1 aromatic carbocycles. The number of halogens is 3. The highest BCUT2D eigenvalue weighted by molar-refractivity contribution is 8.01. The van der Waals surface area contributed by atoms with E-state index in [1.165, 1.54) is 35.2 Å². The van der Waals surface area contributed by atoms with Crippen molar-refractivity contribution in [1.29, 1.82) is 0 Å². The van der Waals surface area contributed by atoms with Gasteiger partial charge in [-0.2, -0.15) is 13.2 Å². The molecule has 3 N–H and O–H groups in total. The van der Waals surface area contributed by atoms with Crippen LogP contribution in [0.3, 0.4) is 0 Å². The number of benzene rings is 1. The van der Waals surface area contributed by atoms with E-state index in [0.717, 1.165) is 34.6 Å². The average Bonchev–Trinajstić information content (AvgIpc) is 3.23. The van der Waals surface area contributed by atoms with E-state index in [0.29, 0.717) is 11.0 Å². The summed E-state index contributed by atoms with van der Waals surface area (Å²) in [5.41, 5.74) is 3.72. The Bertz CT molecular complexity index is 707. The summed E-state index contributed by atoms with van der Waals surface area (Å²) in [6.45, 7) is 0.754. The second-order valence-electron chi connectivity index (χ2n) is 5.70. The Morgan fingerprint density at radius 2 is 1.87 bits per heavy atom. The highest BCUT2D eigenvalue weighted by atomic mass is 32.2. The number of anilines is 1. The monoisotopic (exact) mass is 360 g/mol. The Morgan fingerprint density at radius 1 is 1.26 bits per heavy atom. The highest BCUT2D eigenvalue weighted by Crippen LogP contribution is 2.48. The number of aromatic nitrogens is 1. The molecule has 3 nitrogen and oxygen atoms in total. The van der Waals surface area contributed by atoms with E-state index in [9.17, 15) is 18.3 Å². The van der Waals surface area contributed by atoms with E-state index in [-0.39, 0.29) is 5.56 Å². The summed E-state index contributed by atoms with van der Waals surface area (Å²) in [7, 11) is 0. The van der Waals surface area contributed by atoms with Gasteiger partial charge in [0, 0.05) is 10.8 Å². The summed E-state index contributed by atoms with van der Waals surface area (Å²) in [5.74, 6) is 0.455. The lowest BCUT2D eigenvalue weighted by molar-refractivity contribution is -0.258. The zero-order valence-electron chi connectivity index (χ0n) is 12.2. The molecular weight excluding hydrogens is 345 g/mol. The van der Waals surface area contributed by atoms with Gasteiger partial charge in [0.15, 0.2) is 10.7 Å². The van der Waals surface area contributed by atoms with Crippen LogP contribution in [0.15, 0.2) is 33.4 Å². The molecule has 1 saturated carbocycles. The van der Waals surface area contributed by atoms with Crippen molar-refractivity contribution in [3.8, 4) is 0 Å². The molecule has 3 rings (SSSR count). The first-order valence-corrected chi connectivity index (χ1v) is 8.65. The summed E-state index contributed by atoms with van der Waals surface area (Å²) in [5, 5.41) is 10.2. The molecule has 23 heavy (non-hydrogen) atoms. The Hall–Kier alpha value is -1.25. The van der Waals surface area contributed by atoms with Gasteiger partial charge in [0.2, 0.25) is 0 Å². The minimum Gasteiger partial charge on any atom is -0.376 e. The fraction of sp³-hybridized carbons (Fsp3) is 0.400. The molecule has 0 saturated heterocycles. The molecule has 2 aromatic rings. The quantitative estimate of drug-likeness (QED) is 0.841. The van der Waals surface area contributed by atoms with Crippen LogP contribution in [0.1, 0.15) is 36.9 Å². The molecule has 0 radical (unpaired) electrons. The van der Waals surface area contributed by atoms with E-state index >= 15 is 0 Å². The minimum atomic E-state index is -4.72. The maximum atomic E-state index is 12.8. The number of rotatable bonds is 4. The number of hydrogen-bond acceptors (Lipinski definition) is 5. The second kappa shape index (κ2) is 5.68. The van der Waals surface area contributed by atoms with Crippen LogP contribution >= 0.6 is 23.1 Å². The van der Waals surface area contributed by atoms with Crippen LogP contribution in [-0.2, 0) is 5.60 Å². The molecule has 1 atom stereocenters. The molecule has 0 bridgehead atoms. The number of thiazole rings is 1. The van der Waals surface area contributed by atoms with Crippen molar-refractivity contribution in [2.24, 2.45) is 0 Å². The van der Waals surface area contributed by atoms with Gasteiger partial charge < -0.3 is 10.8 Å². The third-order valence-corrected chi connectivity index (χ3v) is 5.88. The van der Waals surface area contributed by atoms with Crippen LogP contribution in [0.5, 0.6) is 0 Å². The van der Waals surface area contributed by atoms with Crippen molar-refractivity contribution in [3.63, 3.8) is 0 Å². The van der Waals surface area contributed by atoms with Crippen LogP contribution in [0.25, 0.3) is 0 Å². The Labute approximate surface area is 139 Å². The van der Waals surface area contributed by atoms with Gasteiger partial charge in [-0.3, -0.25) is 0 Å². The van der Waals surface area contributed by atoms with Crippen LogP contribution in [-0.4, -0.2) is 16.3 Å². The van der Waals surface area contributed by atoms with E-state index in [1.54, 1.807) is 12.1 Å². The lowest BCUT2D eigenvalue weighted by Gasteiger charge is -2.26. The Morgan fingerprint density at radius 3 is 2.39 bits per heavy atom. The first-order chi connectivity index (χ1) is 10.7. The third-order valence-electron chi connectivity index (χ3n) is 3.78. The molecular formula is C15H15F3N2OS2. The maximum Gasteiger partial charge on any atom is 0.421 e. The van der Waals surface area contributed by atoms with Gasteiger partial charge in [0.05, 0.1) is 9.90 Å². The second-order valence-corrected chi connectivity index (χ2v) is 8.07. The normalized spacial score (nSPS) is 18.0. The molecule has 1 unspecified atom stereocenters. The van der Waals surface area contributed by atoms with E-state index in [4.69, 9.17) is 5.73 Å². The zero-order chi connectivity index (χ0) is 16.8. The van der Waals surface area contributed by atoms with Crippen molar-refractivity contribution < 1.29 is 18.3 Å². The lowest BCUT2D eigenvalue weighted by atomic mass is 9.96. The topological polar surface area (TPSA) is 59.1 Å². The molecule has 1 aliphatic rings. The minimum absolute atomic E-state index is 0.180. The molecule has 0 aliphatic heterocycles. The predicted octanol–water partition coefficient (Wildman–Crippen LogP) is 4.52. The summed E-state index contributed by atoms with van der Waals surface area (Å²) < 4.78 is 39.5. The number of alkyl halides is 3. The van der Waals surface area contributed by atoms with Crippen LogP contribution in [0, 0.1) is 0 Å². The first kappa shape index (κ1) is 16.6. The van der Waals surface area contributed by atoms with Crippen LogP contribution < -0.4 is 5.73 Å². The standard InChI is InChI=1S/C15H15F3N2OS2/c1-14(21,15(16,17)18)9-4-6-10(7-5-9)22-12-11(8-2-3-8)20-13(19)23-12/h4-8,21H,2-3H2,1H3,(H2,19,20). The highest BCUT2D eigenvalue weighted by Gasteiger charge is 2.51.